The SMILES string of the molecule is O=C(O)CC(O)C(O)c1cnn(-c2ccccc2[N+](=O)[O-])c1. The molecular weight excluding hydrogens is 294 g/mol. The highest BCUT2D eigenvalue weighted by Gasteiger charge is 2.23. The molecule has 0 aliphatic heterocycles. The maximum absolute atomic E-state index is 11.0. The van der Waals surface area contributed by atoms with Crippen LogP contribution in [0.2, 0.25) is 0 Å². The van der Waals surface area contributed by atoms with Crippen LogP contribution in [-0.4, -0.2) is 42.1 Å². The molecule has 0 amide bonds. The first kappa shape index (κ1) is 15.6. The van der Waals surface area contributed by atoms with E-state index < -0.39 is 29.5 Å². The van der Waals surface area contributed by atoms with Crippen LogP contribution in [0.15, 0.2) is 36.7 Å². The van der Waals surface area contributed by atoms with Gasteiger partial charge < -0.3 is 15.3 Å². The lowest BCUT2D eigenvalue weighted by Crippen LogP contribution is -2.21. The number of carboxylic acids is 1. The number of nitro benzene ring substituents is 1. The molecule has 2 unspecified atom stereocenters. The molecular formula is C13H13N3O6. The van der Waals surface area contributed by atoms with Crippen molar-refractivity contribution in [2.75, 3.05) is 0 Å². The van der Waals surface area contributed by atoms with Gasteiger partial charge in [-0.05, 0) is 6.07 Å². The second-order valence-corrected chi connectivity index (χ2v) is 4.57. The molecule has 2 aromatic rings. The molecule has 1 aromatic heterocycles. The number of para-hydroxylation sites is 2. The summed E-state index contributed by atoms with van der Waals surface area (Å²) in [6, 6.07) is 5.90. The molecule has 9 heteroatoms. The van der Waals surface area contributed by atoms with E-state index in [9.17, 15) is 25.1 Å². The molecule has 0 saturated heterocycles. The molecule has 0 bridgehead atoms. The molecule has 2 atom stereocenters. The minimum atomic E-state index is -1.50. The molecule has 1 heterocycles. The third kappa shape index (κ3) is 3.27. The van der Waals surface area contributed by atoms with Gasteiger partial charge in [-0.25, -0.2) is 4.68 Å². The van der Waals surface area contributed by atoms with Crippen LogP contribution in [0.1, 0.15) is 18.1 Å². The predicted molar refractivity (Wildman–Crippen MR) is 73.4 cm³/mol. The van der Waals surface area contributed by atoms with Crippen molar-refractivity contribution in [1.82, 2.24) is 9.78 Å². The number of nitro groups is 1. The van der Waals surface area contributed by atoms with Gasteiger partial charge in [0.05, 0.1) is 23.6 Å². The lowest BCUT2D eigenvalue weighted by molar-refractivity contribution is -0.384. The van der Waals surface area contributed by atoms with E-state index in [1.165, 1.54) is 35.3 Å². The van der Waals surface area contributed by atoms with E-state index in [0.717, 1.165) is 0 Å². The third-order valence-electron chi connectivity index (χ3n) is 3.02. The highest BCUT2D eigenvalue weighted by atomic mass is 16.6. The smallest absolute Gasteiger partial charge is 0.306 e. The Hall–Kier alpha value is -2.78. The fourth-order valence-electron chi connectivity index (χ4n) is 1.95. The number of hydrogen-bond donors (Lipinski definition) is 3. The first-order chi connectivity index (χ1) is 10.4. The number of hydrogen-bond acceptors (Lipinski definition) is 6. The first-order valence-corrected chi connectivity index (χ1v) is 6.26. The van der Waals surface area contributed by atoms with Crippen LogP contribution >= 0.6 is 0 Å². The number of carbonyl (C=O) groups is 1. The second-order valence-electron chi connectivity index (χ2n) is 4.57. The van der Waals surface area contributed by atoms with E-state index in [-0.39, 0.29) is 16.9 Å². The molecule has 0 spiro atoms. The fraction of sp³-hybridized carbons (Fsp3) is 0.231. The Labute approximate surface area is 124 Å². The normalized spacial score (nSPS) is 13.5. The maximum atomic E-state index is 11.0. The van der Waals surface area contributed by atoms with Crippen LogP contribution in [0.5, 0.6) is 0 Å². The fourth-order valence-corrected chi connectivity index (χ4v) is 1.95. The number of nitrogens with zero attached hydrogens (tertiary/aromatic N) is 3. The Morgan fingerprint density at radius 3 is 2.68 bits per heavy atom. The highest BCUT2D eigenvalue weighted by Crippen LogP contribution is 2.24. The molecule has 0 radical (unpaired) electrons. The van der Waals surface area contributed by atoms with Crippen molar-refractivity contribution in [3.63, 3.8) is 0 Å². The summed E-state index contributed by atoms with van der Waals surface area (Å²) in [5, 5.41) is 42.9. The molecule has 9 nitrogen and oxygen atoms in total. The summed E-state index contributed by atoms with van der Waals surface area (Å²) in [4.78, 5) is 20.9. The number of aliphatic hydroxyl groups is 2. The average Bonchev–Trinajstić information content (AvgIpc) is 2.95. The van der Waals surface area contributed by atoms with Gasteiger partial charge in [-0.2, -0.15) is 5.10 Å². The second kappa shape index (κ2) is 6.33. The van der Waals surface area contributed by atoms with Crippen LogP contribution < -0.4 is 0 Å². The van der Waals surface area contributed by atoms with E-state index in [1.807, 2.05) is 0 Å². The number of aliphatic hydroxyl groups excluding tert-OH is 2. The van der Waals surface area contributed by atoms with Gasteiger partial charge in [-0.15, -0.1) is 0 Å². The third-order valence-corrected chi connectivity index (χ3v) is 3.02. The molecule has 0 aliphatic rings. The van der Waals surface area contributed by atoms with Gasteiger partial charge >= 0.3 is 5.97 Å². The van der Waals surface area contributed by atoms with Crippen molar-refractivity contribution in [2.24, 2.45) is 0 Å². The van der Waals surface area contributed by atoms with Gasteiger partial charge in [-0.3, -0.25) is 14.9 Å². The summed E-state index contributed by atoms with van der Waals surface area (Å²) < 4.78 is 1.18. The van der Waals surface area contributed by atoms with Gasteiger partial charge in [0.1, 0.15) is 11.8 Å². The quantitative estimate of drug-likeness (QED) is 0.526. The van der Waals surface area contributed by atoms with Crippen LogP contribution in [0.3, 0.4) is 0 Å². The Bertz CT molecular complexity index is 699. The molecule has 0 fully saturated rings. The minimum Gasteiger partial charge on any atom is -0.481 e. The number of rotatable bonds is 6. The van der Waals surface area contributed by atoms with E-state index in [1.54, 1.807) is 6.07 Å². The molecule has 116 valence electrons. The Morgan fingerprint density at radius 2 is 2.05 bits per heavy atom. The standard InChI is InChI=1S/C13H13N3O6/c17-11(5-12(18)19)13(20)8-6-14-15(7-8)9-3-1-2-4-10(9)16(21)22/h1-4,6-7,11,13,17,20H,5H2,(H,18,19). The van der Waals surface area contributed by atoms with Gasteiger partial charge in [0.25, 0.3) is 5.69 Å². The van der Waals surface area contributed by atoms with Gasteiger partial charge in [0.15, 0.2) is 0 Å². The summed E-state index contributed by atoms with van der Waals surface area (Å²) in [6.45, 7) is 0. The zero-order valence-electron chi connectivity index (χ0n) is 11.2. The summed E-state index contributed by atoms with van der Waals surface area (Å²) in [5.41, 5.74) is 0.184. The molecule has 0 aliphatic carbocycles. The predicted octanol–water partition coefficient (Wildman–Crippen LogP) is 0.649. The van der Waals surface area contributed by atoms with E-state index in [4.69, 9.17) is 5.11 Å². The number of carboxylic acid groups (broad SMARTS) is 1. The van der Waals surface area contributed by atoms with Gasteiger partial charge in [0, 0.05) is 17.8 Å². The van der Waals surface area contributed by atoms with Crippen LogP contribution in [0.4, 0.5) is 5.69 Å². The van der Waals surface area contributed by atoms with Crippen molar-refractivity contribution in [3.8, 4) is 5.69 Å². The zero-order valence-corrected chi connectivity index (χ0v) is 11.2. The van der Waals surface area contributed by atoms with Crippen LogP contribution in [0, 0.1) is 10.1 Å². The lowest BCUT2D eigenvalue weighted by Gasteiger charge is -2.13. The first-order valence-electron chi connectivity index (χ1n) is 6.26. The zero-order chi connectivity index (χ0) is 16.3. The number of benzene rings is 1. The van der Waals surface area contributed by atoms with Gasteiger partial charge in [0.2, 0.25) is 0 Å². The highest BCUT2D eigenvalue weighted by molar-refractivity contribution is 5.67. The number of aliphatic carboxylic acids is 1. The molecule has 3 N–H and O–H groups in total. The maximum Gasteiger partial charge on any atom is 0.306 e. The van der Waals surface area contributed by atoms with Crippen LogP contribution in [0.25, 0.3) is 5.69 Å². The molecule has 1 aromatic carbocycles. The van der Waals surface area contributed by atoms with Gasteiger partial charge in [-0.1, -0.05) is 12.1 Å². The lowest BCUT2D eigenvalue weighted by atomic mass is 10.1. The topological polar surface area (TPSA) is 139 Å². The molecule has 0 saturated carbocycles. The monoisotopic (exact) mass is 307 g/mol. The van der Waals surface area contributed by atoms with E-state index >= 15 is 0 Å². The van der Waals surface area contributed by atoms with E-state index in [0.29, 0.717) is 0 Å². The minimum absolute atomic E-state index is 0.159. The summed E-state index contributed by atoms with van der Waals surface area (Å²) in [5.74, 6) is -1.25. The molecule has 22 heavy (non-hydrogen) atoms. The van der Waals surface area contributed by atoms with Crippen molar-refractivity contribution in [3.05, 3.63) is 52.3 Å². The van der Waals surface area contributed by atoms with Crippen molar-refractivity contribution in [1.29, 1.82) is 0 Å². The number of aromatic nitrogens is 2. The van der Waals surface area contributed by atoms with Crippen LogP contribution in [-0.2, 0) is 4.79 Å². The molecule has 2 rings (SSSR count). The average molecular weight is 307 g/mol. The Balaban J connectivity index is 2.29. The largest absolute Gasteiger partial charge is 0.481 e. The van der Waals surface area contributed by atoms with Crippen molar-refractivity contribution >= 4 is 11.7 Å². The summed E-state index contributed by atoms with van der Waals surface area (Å²) in [6.07, 6.45) is -1.06. The van der Waals surface area contributed by atoms with Crippen molar-refractivity contribution in [2.45, 2.75) is 18.6 Å². The van der Waals surface area contributed by atoms with E-state index in [2.05, 4.69) is 5.10 Å². The Morgan fingerprint density at radius 1 is 1.36 bits per heavy atom. The Kier molecular flexibility index (Phi) is 4.49. The summed E-state index contributed by atoms with van der Waals surface area (Å²) >= 11 is 0. The summed E-state index contributed by atoms with van der Waals surface area (Å²) in [7, 11) is 0. The van der Waals surface area contributed by atoms with Crippen molar-refractivity contribution < 1.29 is 25.0 Å².